The van der Waals surface area contributed by atoms with Crippen LogP contribution in [0.2, 0.25) is 0 Å². The number of carbonyl (C=O) groups excluding carboxylic acids is 1. The van der Waals surface area contributed by atoms with Crippen LogP contribution in [0.25, 0.3) is 0 Å². The molecule has 0 bridgehead atoms. The number of carbonyl (C=O) groups is 1. The Morgan fingerprint density at radius 3 is 2.40 bits per heavy atom. The van der Waals surface area contributed by atoms with Crippen LogP contribution in [-0.4, -0.2) is 12.5 Å². The van der Waals surface area contributed by atoms with Crippen LogP contribution in [0.3, 0.4) is 0 Å². The standard InChI is InChI=1S/C8H11NO/c10-8-7(4-5-9-8)6-2-1-3-6/h1-5H2,(H,9,10). The Morgan fingerprint density at radius 2 is 2.00 bits per heavy atom. The van der Waals surface area contributed by atoms with E-state index in [0.29, 0.717) is 0 Å². The van der Waals surface area contributed by atoms with Crippen molar-refractivity contribution in [1.82, 2.24) is 5.32 Å². The monoisotopic (exact) mass is 137 g/mol. The molecule has 1 amide bonds. The van der Waals surface area contributed by atoms with E-state index >= 15 is 0 Å². The summed E-state index contributed by atoms with van der Waals surface area (Å²) in [6, 6.07) is 0. The molecule has 2 rings (SSSR count). The van der Waals surface area contributed by atoms with Crippen LogP contribution in [-0.2, 0) is 4.79 Å². The van der Waals surface area contributed by atoms with Crippen LogP contribution in [0.5, 0.6) is 0 Å². The average molecular weight is 137 g/mol. The molecule has 0 aromatic carbocycles. The van der Waals surface area contributed by atoms with E-state index in [9.17, 15) is 4.79 Å². The fraction of sp³-hybridized carbons (Fsp3) is 0.625. The van der Waals surface area contributed by atoms with E-state index in [1.54, 1.807) is 0 Å². The lowest BCUT2D eigenvalue weighted by molar-refractivity contribution is -0.116. The number of nitrogens with one attached hydrogen (secondary N) is 1. The Bertz CT molecular complexity index is 199. The van der Waals surface area contributed by atoms with Crippen molar-refractivity contribution in [3.63, 3.8) is 0 Å². The third kappa shape index (κ3) is 0.753. The van der Waals surface area contributed by atoms with Crippen molar-refractivity contribution in [3.05, 3.63) is 11.1 Å². The fourth-order valence-electron chi connectivity index (χ4n) is 1.51. The quantitative estimate of drug-likeness (QED) is 0.495. The van der Waals surface area contributed by atoms with Crippen LogP contribution in [0.4, 0.5) is 0 Å². The second-order valence-corrected chi connectivity index (χ2v) is 2.94. The van der Waals surface area contributed by atoms with Gasteiger partial charge >= 0.3 is 0 Å². The molecular formula is C8H11NO. The van der Waals surface area contributed by atoms with Gasteiger partial charge in [0.05, 0.1) is 0 Å². The topological polar surface area (TPSA) is 29.1 Å². The zero-order chi connectivity index (χ0) is 6.97. The number of amides is 1. The summed E-state index contributed by atoms with van der Waals surface area (Å²) in [5.74, 6) is 0.190. The van der Waals surface area contributed by atoms with Gasteiger partial charge in [-0.3, -0.25) is 4.79 Å². The second kappa shape index (κ2) is 2.11. The fourth-order valence-corrected chi connectivity index (χ4v) is 1.51. The summed E-state index contributed by atoms with van der Waals surface area (Å²) in [4.78, 5) is 11.0. The van der Waals surface area contributed by atoms with Crippen molar-refractivity contribution in [2.45, 2.75) is 25.7 Å². The van der Waals surface area contributed by atoms with E-state index in [-0.39, 0.29) is 5.91 Å². The zero-order valence-corrected chi connectivity index (χ0v) is 5.94. The molecular weight excluding hydrogens is 126 g/mol. The van der Waals surface area contributed by atoms with Crippen LogP contribution in [0.1, 0.15) is 25.7 Å². The Morgan fingerprint density at radius 1 is 1.20 bits per heavy atom. The van der Waals surface area contributed by atoms with Crippen molar-refractivity contribution < 1.29 is 4.79 Å². The minimum Gasteiger partial charge on any atom is -0.352 e. The van der Waals surface area contributed by atoms with Gasteiger partial charge in [0.1, 0.15) is 0 Å². The largest absolute Gasteiger partial charge is 0.352 e. The van der Waals surface area contributed by atoms with Crippen LogP contribution < -0.4 is 5.32 Å². The summed E-state index contributed by atoms with van der Waals surface area (Å²) in [5.41, 5.74) is 2.50. The SMILES string of the molecule is O=C1NCCC1=C1CCC1. The predicted molar refractivity (Wildman–Crippen MR) is 38.5 cm³/mol. The maximum absolute atomic E-state index is 11.0. The minimum absolute atomic E-state index is 0.190. The summed E-state index contributed by atoms with van der Waals surface area (Å²) in [6.07, 6.45) is 4.59. The van der Waals surface area contributed by atoms with E-state index < -0.39 is 0 Å². The van der Waals surface area contributed by atoms with Gasteiger partial charge in [-0.1, -0.05) is 5.57 Å². The van der Waals surface area contributed by atoms with Gasteiger partial charge in [0.2, 0.25) is 5.91 Å². The summed E-state index contributed by atoms with van der Waals surface area (Å²) >= 11 is 0. The number of allylic oxidation sites excluding steroid dienone is 1. The highest BCUT2D eigenvalue weighted by molar-refractivity contribution is 5.96. The molecule has 0 spiro atoms. The van der Waals surface area contributed by atoms with Crippen molar-refractivity contribution in [2.75, 3.05) is 6.54 Å². The first-order valence-corrected chi connectivity index (χ1v) is 3.87. The van der Waals surface area contributed by atoms with Gasteiger partial charge in [0, 0.05) is 12.1 Å². The second-order valence-electron chi connectivity index (χ2n) is 2.94. The first kappa shape index (κ1) is 5.96. The van der Waals surface area contributed by atoms with Crippen LogP contribution in [0, 0.1) is 0 Å². The Kier molecular flexibility index (Phi) is 1.26. The summed E-state index contributed by atoms with van der Waals surface area (Å²) < 4.78 is 0. The first-order chi connectivity index (χ1) is 4.88. The lowest BCUT2D eigenvalue weighted by atomic mass is 9.87. The molecule has 1 N–H and O–H groups in total. The number of hydrogen-bond donors (Lipinski definition) is 1. The van der Waals surface area contributed by atoms with Gasteiger partial charge in [0.25, 0.3) is 0 Å². The maximum atomic E-state index is 11.0. The molecule has 0 aromatic rings. The summed E-state index contributed by atoms with van der Waals surface area (Å²) in [7, 11) is 0. The van der Waals surface area contributed by atoms with Gasteiger partial charge in [-0.25, -0.2) is 0 Å². The molecule has 2 nitrogen and oxygen atoms in total. The molecule has 2 aliphatic rings. The Labute approximate surface area is 60.3 Å². The molecule has 2 fully saturated rings. The van der Waals surface area contributed by atoms with E-state index in [1.165, 1.54) is 24.8 Å². The molecule has 2 heteroatoms. The van der Waals surface area contributed by atoms with E-state index in [0.717, 1.165) is 18.5 Å². The predicted octanol–water partition coefficient (Wildman–Crippen LogP) is 0.987. The highest BCUT2D eigenvalue weighted by Gasteiger charge is 2.23. The first-order valence-electron chi connectivity index (χ1n) is 3.87. The van der Waals surface area contributed by atoms with Crippen LogP contribution in [0.15, 0.2) is 11.1 Å². The Hall–Kier alpha value is -0.790. The highest BCUT2D eigenvalue weighted by atomic mass is 16.1. The molecule has 0 aromatic heterocycles. The van der Waals surface area contributed by atoms with E-state index in [1.807, 2.05) is 0 Å². The molecule has 10 heavy (non-hydrogen) atoms. The highest BCUT2D eigenvalue weighted by Crippen LogP contribution is 2.31. The molecule has 0 radical (unpaired) electrons. The zero-order valence-electron chi connectivity index (χ0n) is 5.94. The molecule has 1 aliphatic heterocycles. The summed E-state index contributed by atoms with van der Waals surface area (Å²) in [5, 5.41) is 2.82. The van der Waals surface area contributed by atoms with Gasteiger partial charge in [-0.2, -0.15) is 0 Å². The number of hydrogen-bond acceptors (Lipinski definition) is 1. The van der Waals surface area contributed by atoms with Crippen molar-refractivity contribution in [1.29, 1.82) is 0 Å². The number of rotatable bonds is 0. The van der Waals surface area contributed by atoms with Gasteiger partial charge < -0.3 is 5.32 Å². The van der Waals surface area contributed by atoms with Crippen molar-refractivity contribution >= 4 is 5.91 Å². The Balaban J connectivity index is 2.22. The molecule has 1 heterocycles. The van der Waals surface area contributed by atoms with Crippen LogP contribution >= 0.6 is 0 Å². The molecule has 0 unspecified atom stereocenters. The lowest BCUT2D eigenvalue weighted by Crippen LogP contribution is -2.16. The molecule has 1 saturated heterocycles. The smallest absolute Gasteiger partial charge is 0.247 e. The minimum atomic E-state index is 0.190. The molecule has 54 valence electrons. The lowest BCUT2D eigenvalue weighted by Gasteiger charge is -2.17. The normalized spacial score (nSPS) is 24.6. The van der Waals surface area contributed by atoms with Gasteiger partial charge in [-0.05, 0) is 25.7 Å². The molecule has 0 atom stereocenters. The maximum Gasteiger partial charge on any atom is 0.247 e. The van der Waals surface area contributed by atoms with E-state index in [2.05, 4.69) is 5.32 Å². The van der Waals surface area contributed by atoms with Gasteiger partial charge in [0.15, 0.2) is 0 Å². The average Bonchev–Trinajstić information content (AvgIpc) is 2.12. The summed E-state index contributed by atoms with van der Waals surface area (Å²) in [6.45, 7) is 0.859. The third-order valence-electron chi connectivity index (χ3n) is 2.32. The van der Waals surface area contributed by atoms with E-state index in [4.69, 9.17) is 0 Å². The van der Waals surface area contributed by atoms with Crippen molar-refractivity contribution in [2.24, 2.45) is 0 Å². The molecule has 1 aliphatic carbocycles. The molecule has 1 saturated carbocycles. The van der Waals surface area contributed by atoms with Gasteiger partial charge in [-0.15, -0.1) is 0 Å². The third-order valence-corrected chi connectivity index (χ3v) is 2.32. The van der Waals surface area contributed by atoms with Crippen molar-refractivity contribution in [3.8, 4) is 0 Å².